The molecule has 0 aliphatic heterocycles. The molecule has 2 heterocycles. The highest BCUT2D eigenvalue weighted by molar-refractivity contribution is 5.50. The zero-order chi connectivity index (χ0) is 11.5. The Balaban J connectivity index is 2.27. The first-order valence-corrected chi connectivity index (χ1v) is 4.95. The highest BCUT2D eigenvalue weighted by atomic mass is 15.2. The van der Waals surface area contributed by atoms with Crippen molar-refractivity contribution >= 4 is 17.6 Å². The monoisotopic (exact) mass is 215 g/mol. The lowest BCUT2D eigenvalue weighted by Gasteiger charge is -2.05. The molecule has 82 valence electrons. The highest BCUT2D eigenvalue weighted by Crippen LogP contribution is 2.12. The summed E-state index contributed by atoms with van der Waals surface area (Å²) in [6.45, 7) is 3.80. The first kappa shape index (κ1) is 10.4. The van der Waals surface area contributed by atoms with Gasteiger partial charge in [-0.25, -0.2) is 9.97 Å². The molecule has 2 aromatic heterocycles. The predicted octanol–water partition coefficient (Wildman–Crippen LogP) is 1.81. The maximum atomic E-state index is 5.63. The molecule has 0 aromatic carbocycles. The molecule has 16 heavy (non-hydrogen) atoms. The van der Waals surface area contributed by atoms with Crippen molar-refractivity contribution in [3.63, 3.8) is 0 Å². The van der Waals surface area contributed by atoms with Gasteiger partial charge in [0.2, 0.25) is 5.95 Å². The van der Waals surface area contributed by atoms with Gasteiger partial charge < -0.3 is 11.1 Å². The Labute approximate surface area is 93.8 Å². The smallest absolute Gasteiger partial charge is 0.230 e. The minimum atomic E-state index is 0.447. The zero-order valence-corrected chi connectivity index (χ0v) is 9.23. The van der Waals surface area contributed by atoms with Crippen molar-refractivity contribution < 1.29 is 0 Å². The molecule has 2 rings (SSSR count). The number of rotatable bonds is 2. The Bertz CT molecular complexity index is 489. The molecule has 0 bridgehead atoms. The van der Waals surface area contributed by atoms with E-state index in [1.807, 2.05) is 32.0 Å². The Morgan fingerprint density at radius 3 is 2.56 bits per heavy atom. The predicted molar refractivity (Wildman–Crippen MR) is 63.4 cm³/mol. The summed E-state index contributed by atoms with van der Waals surface area (Å²) in [5.41, 5.74) is 7.39. The number of aromatic nitrogens is 3. The van der Waals surface area contributed by atoms with Crippen LogP contribution in [0.2, 0.25) is 0 Å². The summed E-state index contributed by atoms with van der Waals surface area (Å²) >= 11 is 0. The van der Waals surface area contributed by atoms with Crippen LogP contribution in [0.3, 0.4) is 0 Å². The first-order valence-electron chi connectivity index (χ1n) is 4.95. The molecule has 0 amide bonds. The van der Waals surface area contributed by atoms with E-state index in [-0.39, 0.29) is 0 Å². The van der Waals surface area contributed by atoms with Crippen LogP contribution in [0.5, 0.6) is 0 Å². The van der Waals surface area contributed by atoms with Crippen molar-refractivity contribution in [2.75, 3.05) is 11.1 Å². The van der Waals surface area contributed by atoms with Crippen molar-refractivity contribution in [2.24, 2.45) is 0 Å². The summed E-state index contributed by atoms with van der Waals surface area (Å²) in [6, 6.07) is 7.42. The fourth-order valence-corrected chi connectivity index (χ4v) is 1.38. The van der Waals surface area contributed by atoms with Gasteiger partial charge in [-0.1, -0.05) is 6.07 Å². The molecule has 0 spiro atoms. The van der Waals surface area contributed by atoms with Crippen LogP contribution >= 0.6 is 0 Å². The van der Waals surface area contributed by atoms with Gasteiger partial charge in [0.1, 0.15) is 11.6 Å². The number of pyridine rings is 1. The third-order valence-corrected chi connectivity index (χ3v) is 2.00. The summed E-state index contributed by atoms with van der Waals surface area (Å²) in [4.78, 5) is 12.6. The second-order valence-corrected chi connectivity index (χ2v) is 3.55. The summed E-state index contributed by atoms with van der Waals surface area (Å²) in [5, 5.41) is 3.01. The molecule has 0 unspecified atom stereocenters. The van der Waals surface area contributed by atoms with E-state index in [0.29, 0.717) is 17.6 Å². The molecule has 5 nitrogen and oxygen atoms in total. The van der Waals surface area contributed by atoms with Crippen LogP contribution in [-0.4, -0.2) is 15.0 Å². The molecule has 0 saturated heterocycles. The Kier molecular flexibility index (Phi) is 2.68. The van der Waals surface area contributed by atoms with Gasteiger partial charge in [0.15, 0.2) is 0 Å². The van der Waals surface area contributed by atoms with Crippen molar-refractivity contribution in [1.29, 1.82) is 0 Å². The van der Waals surface area contributed by atoms with E-state index in [0.717, 1.165) is 11.4 Å². The van der Waals surface area contributed by atoms with Crippen LogP contribution in [0.1, 0.15) is 11.4 Å². The van der Waals surface area contributed by atoms with Gasteiger partial charge >= 0.3 is 0 Å². The van der Waals surface area contributed by atoms with E-state index in [1.54, 1.807) is 6.07 Å². The van der Waals surface area contributed by atoms with Crippen LogP contribution in [-0.2, 0) is 0 Å². The Hall–Kier alpha value is -2.17. The van der Waals surface area contributed by atoms with E-state index < -0.39 is 0 Å². The number of nitrogen functional groups attached to an aromatic ring is 1. The number of anilines is 3. The van der Waals surface area contributed by atoms with E-state index in [9.17, 15) is 0 Å². The quantitative estimate of drug-likeness (QED) is 0.799. The van der Waals surface area contributed by atoms with Gasteiger partial charge in [0.05, 0.1) is 0 Å². The van der Waals surface area contributed by atoms with Gasteiger partial charge in [-0.2, -0.15) is 4.98 Å². The topological polar surface area (TPSA) is 76.7 Å². The van der Waals surface area contributed by atoms with Gasteiger partial charge in [-0.3, -0.25) is 0 Å². The Morgan fingerprint density at radius 1 is 1.06 bits per heavy atom. The normalized spacial score (nSPS) is 10.1. The van der Waals surface area contributed by atoms with Gasteiger partial charge in [0.25, 0.3) is 0 Å². The number of nitrogens with two attached hydrogens (primary N) is 1. The van der Waals surface area contributed by atoms with E-state index in [1.165, 1.54) is 0 Å². The molecule has 5 heteroatoms. The molecule has 0 saturated carbocycles. The molecular weight excluding hydrogens is 202 g/mol. The summed E-state index contributed by atoms with van der Waals surface area (Å²) in [5.74, 6) is 1.63. The van der Waals surface area contributed by atoms with Gasteiger partial charge in [-0.05, 0) is 26.0 Å². The minimum absolute atomic E-state index is 0.447. The lowest BCUT2D eigenvalue weighted by atomic mass is 10.4. The van der Waals surface area contributed by atoms with Crippen LogP contribution in [0.15, 0.2) is 24.3 Å². The van der Waals surface area contributed by atoms with E-state index in [2.05, 4.69) is 20.3 Å². The maximum absolute atomic E-state index is 5.63. The van der Waals surface area contributed by atoms with E-state index >= 15 is 0 Å². The van der Waals surface area contributed by atoms with Crippen LogP contribution in [0.4, 0.5) is 17.6 Å². The van der Waals surface area contributed by atoms with Crippen molar-refractivity contribution in [3.8, 4) is 0 Å². The average Bonchev–Trinajstić information content (AvgIpc) is 2.15. The zero-order valence-electron chi connectivity index (χ0n) is 9.23. The number of hydrogen-bond donors (Lipinski definition) is 2. The molecule has 0 aliphatic rings. The molecule has 0 fully saturated rings. The minimum Gasteiger partial charge on any atom is -0.384 e. The number of nitrogens with zero attached hydrogens (tertiary/aromatic N) is 3. The standard InChI is InChI=1S/C11H13N5/c1-7-4-3-5-10(13-7)16-11-14-8(2)6-9(12)15-11/h3-6H,1-2H3,(H3,12,13,14,15,16). The summed E-state index contributed by atoms with van der Waals surface area (Å²) in [7, 11) is 0. The molecule has 0 aliphatic carbocycles. The lowest BCUT2D eigenvalue weighted by molar-refractivity contribution is 1.10. The number of nitrogens with one attached hydrogen (secondary N) is 1. The summed E-state index contributed by atoms with van der Waals surface area (Å²) in [6.07, 6.45) is 0. The van der Waals surface area contributed by atoms with Crippen molar-refractivity contribution in [2.45, 2.75) is 13.8 Å². The molecule has 3 N–H and O–H groups in total. The van der Waals surface area contributed by atoms with Crippen LogP contribution in [0, 0.1) is 13.8 Å². The Morgan fingerprint density at radius 2 is 1.88 bits per heavy atom. The molecule has 2 aromatic rings. The SMILES string of the molecule is Cc1cccc(Nc2nc(C)cc(N)n2)n1. The second-order valence-electron chi connectivity index (χ2n) is 3.55. The third-order valence-electron chi connectivity index (χ3n) is 2.00. The van der Waals surface area contributed by atoms with Crippen LogP contribution < -0.4 is 11.1 Å². The van der Waals surface area contributed by atoms with Crippen molar-refractivity contribution in [3.05, 3.63) is 35.7 Å². The van der Waals surface area contributed by atoms with Gasteiger partial charge in [0, 0.05) is 17.5 Å². The summed E-state index contributed by atoms with van der Waals surface area (Å²) < 4.78 is 0. The number of aryl methyl sites for hydroxylation is 2. The van der Waals surface area contributed by atoms with Crippen molar-refractivity contribution in [1.82, 2.24) is 15.0 Å². The average molecular weight is 215 g/mol. The highest BCUT2D eigenvalue weighted by Gasteiger charge is 2.01. The fourth-order valence-electron chi connectivity index (χ4n) is 1.38. The number of hydrogen-bond acceptors (Lipinski definition) is 5. The fraction of sp³-hybridized carbons (Fsp3) is 0.182. The second kappa shape index (κ2) is 4.14. The third kappa shape index (κ3) is 2.44. The van der Waals surface area contributed by atoms with E-state index in [4.69, 9.17) is 5.73 Å². The first-order chi connectivity index (χ1) is 7.63. The maximum Gasteiger partial charge on any atom is 0.230 e. The molecular formula is C11H13N5. The van der Waals surface area contributed by atoms with Crippen LogP contribution in [0.25, 0.3) is 0 Å². The largest absolute Gasteiger partial charge is 0.384 e. The molecule has 0 radical (unpaired) electrons. The molecule has 0 atom stereocenters. The van der Waals surface area contributed by atoms with Gasteiger partial charge in [-0.15, -0.1) is 0 Å². The lowest BCUT2D eigenvalue weighted by Crippen LogP contribution is -2.03.